The van der Waals surface area contributed by atoms with Crippen molar-refractivity contribution in [1.29, 1.82) is 0 Å². The van der Waals surface area contributed by atoms with E-state index in [1.165, 1.54) is 5.56 Å². The van der Waals surface area contributed by atoms with Gasteiger partial charge >= 0.3 is 0 Å². The Hall–Kier alpha value is -2.41. The summed E-state index contributed by atoms with van der Waals surface area (Å²) in [6.07, 6.45) is 7.64. The molecule has 1 unspecified atom stereocenters. The minimum Gasteiger partial charge on any atom is -0.329 e. The molecule has 0 bridgehead atoms. The summed E-state index contributed by atoms with van der Waals surface area (Å²) in [6, 6.07) is 2.11. The fourth-order valence-corrected chi connectivity index (χ4v) is 3.45. The second kappa shape index (κ2) is 5.10. The van der Waals surface area contributed by atoms with Crippen LogP contribution in [0.15, 0.2) is 35.1 Å². The number of nitrogens with zero attached hydrogens (tertiary/aromatic N) is 5. The molecule has 0 spiro atoms. The summed E-state index contributed by atoms with van der Waals surface area (Å²) in [5, 5.41) is 12.8. The largest absolute Gasteiger partial charge is 0.329 e. The van der Waals surface area contributed by atoms with Crippen LogP contribution in [0.4, 0.5) is 10.8 Å². The summed E-state index contributed by atoms with van der Waals surface area (Å²) in [5.41, 5.74) is 3.22. The molecule has 0 radical (unpaired) electrons. The maximum absolute atomic E-state index is 4.55. The van der Waals surface area contributed by atoms with E-state index in [-0.39, 0.29) is 5.92 Å². The average molecular weight is 312 g/mol. The number of hydrogen-bond donors (Lipinski definition) is 1. The van der Waals surface area contributed by atoms with E-state index in [4.69, 9.17) is 0 Å². The van der Waals surface area contributed by atoms with E-state index in [9.17, 15) is 0 Å². The zero-order chi connectivity index (χ0) is 15.1. The molecule has 0 aromatic carbocycles. The summed E-state index contributed by atoms with van der Waals surface area (Å²) in [7, 11) is 1.98. The van der Waals surface area contributed by atoms with Crippen LogP contribution in [0.3, 0.4) is 0 Å². The maximum Gasteiger partial charge on any atom is 0.180 e. The van der Waals surface area contributed by atoms with Crippen LogP contribution in [0, 0.1) is 6.92 Å². The summed E-state index contributed by atoms with van der Waals surface area (Å²) < 4.78 is 2.09. The number of hydrazone groups is 1. The first-order valence-corrected chi connectivity index (χ1v) is 7.98. The van der Waals surface area contributed by atoms with E-state index in [0.717, 1.165) is 28.7 Å². The quantitative estimate of drug-likeness (QED) is 0.808. The molecule has 1 atom stereocenters. The maximum atomic E-state index is 4.55. The molecule has 1 N–H and O–H groups in total. The number of nitrogens with one attached hydrogen (secondary N) is 1. The lowest BCUT2D eigenvalue weighted by Crippen LogP contribution is -2.13. The molecule has 1 aliphatic rings. The molecule has 4 heterocycles. The molecular formula is C15H16N6S. The highest BCUT2D eigenvalue weighted by Gasteiger charge is 2.21. The van der Waals surface area contributed by atoms with Crippen molar-refractivity contribution < 1.29 is 0 Å². The number of imidazole rings is 1. The Kier molecular flexibility index (Phi) is 3.07. The molecule has 22 heavy (non-hydrogen) atoms. The molecular weight excluding hydrogens is 296 g/mol. The first-order chi connectivity index (χ1) is 10.7. The number of likely N-dealkylation sites (N-methyl/N-ethyl adjacent to an activating group) is 1. The average Bonchev–Trinajstić information content (AvgIpc) is 3.19. The van der Waals surface area contributed by atoms with Crippen LogP contribution < -0.4 is 5.32 Å². The van der Waals surface area contributed by atoms with Crippen molar-refractivity contribution in [2.45, 2.75) is 12.8 Å². The van der Waals surface area contributed by atoms with Crippen molar-refractivity contribution in [3.05, 3.63) is 41.3 Å². The van der Waals surface area contributed by atoms with Gasteiger partial charge < -0.3 is 5.32 Å². The number of fused-ring (bicyclic) bond motifs is 1. The van der Waals surface area contributed by atoms with Crippen LogP contribution in [-0.2, 0) is 0 Å². The fourth-order valence-electron chi connectivity index (χ4n) is 2.66. The van der Waals surface area contributed by atoms with Gasteiger partial charge in [-0.25, -0.2) is 9.97 Å². The highest BCUT2D eigenvalue weighted by molar-refractivity contribution is 7.14. The molecule has 0 amide bonds. The number of thiophene rings is 1. The van der Waals surface area contributed by atoms with Crippen LogP contribution in [-0.4, -0.2) is 39.2 Å². The second-order valence-corrected chi connectivity index (χ2v) is 6.39. The topological polar surface area (TPSA) is 57.8 Å². The number of aryl methyl sites for hydroxylation is 1. The molecule has 0 fully saturated rings. The highest BCUT2D eigenvalue weighted by atomic mass is 32.1. The van der Waals surface area contributed by atoms with Crippen LogP contribution >= 0.6 is 11.3 Å². The Morgan fingerprint density at radius 2 is 2.27 bits per heavy atom. The zero-order valence-electron chi connectivity index (χ0n) is 12.4. The molecule has 1 aliphatic heterocycles. The SMILES string of the molecule is Cc1csc(Nc2nccn3c(C4C=NN(C)C4)cnc23)c1. The van der Waals surface area contributed by atoms with Gasteiger partial charge in [0, 0.05) is 32.2 Å². The first-order valence-electron chi connectivity index (χ1n) is 7.10. The normalized spacial score (nSPS) is 17.5. The van der Waals surface area contributed by atoms with E-state index in [2.05, 4.69) is 43.2 Å². The monoisotopic (exact) mass is 312 g/mol. The van der Waals surface area contributed by atoms with Gasteiger partial charge in [-0.05, 0) is 23.9 Å². The van der Waals surface area contributed by atoms with Crippen molar-refractivity contribution in [3.63, 3.8) is 0 Å². The Balaban J connectivity index is 1.72. The first kappa shape index (κ1) is 13.3. The third-order valence-electron chi connectivity index (χ3n) is 3.71. The lowest BCUT2D eigenvalue weighted by Gasteiger charge is -2.10. The molecule has 0 saturated heterocycles. The van der Waals surface area contributed by atoms with Gasteiger partial charge in [-0.2, -0.15) is 5.10 Å². The van der Waals surface area contributed by atoms with Crippen molar-refractivity contribution in [1.82, 2.24) is 19.4 Å². The molecule has 3 aromatic rings. The van der Waals surface area contributed by atoms with Gasteiger partial charge in [0.05, 0.1) is 22.8 Å². The van der Waals surface area contributed by atoms with Gasteiger partial charge in [-0.15, -0.1) is 11.3 Å². The fraction of sp³-hybridized carbons (Fsp3) is 0.267. The molecule has 112 valence electrons. The number of aromatic nitrogens is 3. The van der Waals surface area contributed by atoms with Gasteiger partial charge in [-0.1, -0.05) is 0 Å². The Labute approximate surface area is 132 Å². The van der Waals surface area contributed by atoms with Gasteiger partial charge in [0.15, 0.2) is 11.5 Å². The molecule has 4 rings (SSSR count). The molecule has 0 saturated carbocycles. The summed E-state index contributed by atoms with van der Waals surface area (Å²) in [5.74, 6) is 1.04. The zero-order valence-corrected chi connectivity index (χ0v) is 13.2. The highest BCUT2D eigenvalue weighted by Crippen LogP contribution is 2.27. The van der Waals surface area contributed by atoms with E-state index in [1.54, 1.807) is 17.5 Å². The minimum absolute atomic E-state index is 0.263. The minimum atomic E-state index is 0.263. The summed E-state index contributed by atoms with van der Waals surface area (Å²) in [4.78, 5) is 8.99. The van der Waals surface area contributed by atoms with Gasteiger partial charge in [0.25, 0.3) is 0 Å². The van der Waals surface area contributed by atoms with Gasteiger partial charge in [0.2, 0.25) is 0 Å². The van der Waals surface area contributed by atoms with Crippen molar-refractivity contribution in [2.24, 2.45) is 5.10 Å². The summed E-state index contributed by atoms with van der Waals surface area (Å²) >= 11 is 1.67. The molecule has 7 heteroatoms. The van der Waals surface area contributed by atoms with Crippen molar-refractivity contribution in [3.8, 4) is 0 Å². The second-order valence-electron chi connectivity index (χ2n) is 5.48. The van der Waals surface area contributed by atoms with Crippen LogP contribution in [0.25, 0.3) is 5.65 Å². The van der Waals surface area contributed by atoms with E-state index in [1.807, 2.05) is 30.7 Å². The third-order valence-corrected chi connectivity index (χ3v) is 4.68. The van der Waals surface area contributed by atoms with E-state index >= 15 is 0 Å². The van der Waals surface area contributed by atoms with Crippen LogP contribution in [0.5, 0.6) is 0 Å². The predicted octanol–water partition coefficient (Wildman–Crippen LogP) is 2.86. The smallest absolute Gasteiger partial charge is 0.180 e. The predicted molar refractivity (Wildman–Crippen MR) is 89.2 cm³/mol. The van der Waals surface area contributed by atoms with Gasteiger partial charge in [0.1, 0.15) is 0 Å². The van der Waals surface area contributed by atoms with Crippen LogP contribution in [0.2, 0.25) is 0 Å². The standard InChI is InChI=1S/C15H16N6S/c1-10-5-13(22-9-10)19-14-15-17-7-12(21(15)4-3-16-14)11-6-18-20(2)8-11/h3-7,9,11H,8H2,1-2H3,(H,16,19). The summed E-state index contributed by atoms with van der Waals surface area (Å²) in [6.45, 7) is 2.96. The Morgan fingerprint density at radius 1 is 1.36 bits per heavy atom. The third kappa shape index (κ3) is 2.23. The van der Waals surface area contributed by atoms with Crippen LogP contribution in [0.1, 0.15) is 17.2 Å². The van der Waals surface area contributed by atoms with Gasteiger partial charge in [-0.3, -0.25) is 9.41 Å². The van der Waals surface area contributed by atoms with E-state index in [0.29, 0.717) is 0 Å². The number of hydrogen-bond acceptors (Lipinski definition) is 6. The molecule has 0 aliphatic carbocycles. The lowest BCUT2D eigenvalue weighted by molar-refractivity contribution is 0.380. The number of anilines is 2. The van der Waals surface area contributed by atoms with Crippen molar-refractivity contribution >= 4 is 34.0 Å². The Morgan fingerprint density at radius 3 is 3.00 bits per heavy atom. The molecule has 3 aromatic heterocycles. The molecule has 6 nitrogen and oxygen atoms in total. The number of rotatable bonds is 3. The lowest BCUT2D eigenvalue weighted by atomic mass is 10.1. The van der Waals surface area contributed by atoms with E-state index < -0.39 is 0 Å². The van der Waals surface area contributed by atoms with Crippen molar-refractivity contribution in [2.75, 3.05) is 18.9 Å². The Bertz CT molecular complexity index is 849.